The summed E-state index contributed by atoms with van der Waals surface area (Å²) in [6, 6.07) is 0. The fourth-order valence-electron chi connectivity index (χ4n) is 4.16. The van der Waals surface area contributed by atoms with Crippen LogP contribution in [0.3, 0.4) is 0 Å². The zero-order valence-electron chi connectivity index (χ0n) is 13.2. The second-order valence-electron chi connectivity index (χ2n) is 6.58. The number of carbonyl (C=O) groups is 2. The Balaban J connectivity index is 2.04. The highest BCUT2D eigenvalue weighted by Crippen LogP contribution is 2.60. The van der Waals surface area contributed by atoms with Crippen molar-refractivity contribution in [3.8, 4) is 0 Å². The van der Waals surface area contributed by atoms with Crippen LogP contribution in [0.2, 0.25) is 0 Å². The van der Waals surface area contributed by atoms with Gasteiger partial charge >= 0.3 is 11.9 Å². The van der Waals surface area contributed by atoms with Crippen LogP contribution in [0.25, 0.3) is 0 Å². The average Bonchev–Trinajstić information content (AvgIpc) is 2.73. The van der Waals surface area contributed by atoms with Crippen molar-refractivity contribution < 1.29 is 28.5 Å². The maximum Gasteiger partial charge on any atom is 0.305 e. The summed E-state index contributed by atoms with van der Waals surface area (Å²) in [5.41, 5.74) is -0.314. The third kappa shape index (κ3) is 2.08. The summed E-state index contributed by atoms with van der Waals surface area (Å²) < 4.78 is 22.6. The maximum atomic E-state index is 11.8. The van der Waals surface area contributed by atoms with E-state index in [9.17, 15) is 9.59 Å². The Kier molecular flexibility index (Phi) is 3.57. The molecule has 2 heterocycles. The first-order valence-electron chi connectivity index (χ1n) is 7.64. The quantitative estimate of drug-likeness (QED) is 0.574. The number of ether oxygens (including phenoxy) is 4. The Labute approximate surface area is 129 Å². The van der Waals surface area contributed by atoms with Crippen LogP contribution in [-0.4, -0.2) is 36.2 Å². The van der Waals surface area contributed by atoms with Crippen molar-refractivity contribution in [3.05, 3.63) is 12.2 Å². The van der Waals surface area contributed by atoms with Crippen LogP contribution in [0.1, 0.15) is 46.5 Å². The molecular weight excluding hydrogens is 288 g/mol. The van der Waals surface area contributed by atoms with E-state index >= 15 is 0 Å². The number of fused-ring (bicyclic) bond motifs is 4. The molecule has 5 atom stereocenters. The molecule has 0 amide bonds. The summed E-state index contributed by atoms with van der Waals surface area (Å²) in [5, 5.41) is 0. The lowest BCUT2D eigenvalue weighted by Crippen LogP contribution is -2.65. The molecule has 6 heteroatoms. The highest BCUT2D eigenvalue weighted by atomic mass is 16.8. The fraction of sp³-hybridized carbons (Fsp3) is 0.750. The maximum absolute atomic E-state index is 11.8. The van der Waals surface area contributed by atoms with Crippen LogP contribution in [0, 0.1) is 5.41 Å². The van der Waals surface area contributed by atoms with Gasteiger partial charge in [0.05, 0.1) is 0 Å². The molecule has 1 saturated carbocycles. The van der Waals surface area contributed by atoms with Gasteiger partial charge in [0.15, 0.2) is 18.0 Å². The number of rotatable bonds is 2. The van der Waals surface area contributed by atoms with Crippen molar-refractivity contribution in [2.24, 2.45) is 5.41 Å². The number of carbonyl (C=O) groups excluding carboxylic acids is 2. The van der Waals surface area contributed by atoms with Crippen LogP contribution in [0.4, 0.5) is 0 Å². The molecule has 3 rings (SSSR count). The molecule has 3 fully saturated rings. The molecule has 0 spiro atoms. The minimum absolute atomic E-state index is 0.378. The van der Waals surface area contributed by atoms with Gasteiger partial charge in [0.1, 0.15) is 0 Å². The smallest absolute Gasteiger partial charge is 0.305 e. The minimum atomic E-state index is -0.902. The summed E-state index contributed by atoms with van der Waals surface area (Å²) in [4.78, 5) is 23.1. The Morgan fingerprint density at radius 1 is 1.27 bits per heavy atom. The molecule has 6 nitrogen and oxygen atoms in total. The minimum Gasteiger partial charge on any atom is -0.455 e. The van der Waals surface area contributed by atoms with E-state index in [4.69, 9.17) is 18.9 Å². The Morgan fingerprint density at radius 3 is 2.64 bits per heavy atom. The van der Waals surface area contributed by atoms with E-state index in [-0.39, 0.29) is 5.97 Å². The van der Waals surface area contributed by atoms with Gasteiger partial charge in [-0.2, -0.15) is 0 Å². The molecule has 122 valence electrons. The first kappa shape index (κ1) is 15.5. The largest absolute Gasteiger partial charge is 0.455 e. The van der Waals surface area contributed by atoms with E-state index in [2.05, 4.69) is 6.58 Å². The average molecular weight is 310 g/mol. The molecule has 0 radical (unpaired) electrons. The summed E-state index contributed by atoms with van der Waals surface area (Å²) in [7, 11) is 0. The second kappa shape index (κ2) is 5.06. The van der Waals surface area contributed by atoms with E-state index in [1.165, 1.54) is 13.8 Å². The predicted molar refractivity (Wildman–Crippen MR) is 75.5 cm³/mol. The van der Waals surface area contributed by atoms with Crippen LogP contribution in [0.5, 0.6) is 0 Å². The van der Waals surface area contributed by atoms with Gasteiger partial charge in [-0.15, -0.1) is 0 Å². The van der Waals surface area contributed by atoms with Crippen molar-refractivity contribution in [3.63, 3.8) is 0 Å². The normalized spacial score (nSPS) is 43.4. The Morgan fingerprint density at radius 2 is 2.00 bits per heavy atom. The first-order chi connectivity index (χ1) is 10.3. The lowest BCUT2D eigenvalue weighted by Gasteiger charge is -2.56. The highest BCUT2D eigenvalue weighted by molar-refractivity contribution is 5.67. The zero-order valence-corrected chi connectivity index (χ0v) is 13.2. The molecule has 1 aliphatic carbocycles. The SMILES string of the molecule is C=C1CCC[C@@]2(OC(C)=O)[C@@H]3O[C@H](C[C@]12C)O[C@@H]3OC(C)=O. The molecule has 0 aromatic heterocycles. The molecule has 2 saturated heterocycles. The molecule has 2 bridgehead atoms. The van der Waals surface area contributed by atoms with Gasteiger partial charge in [0, 0.05) is 25.7 Å². The summed E-state index contributed by atoms with van der Waals surface area (Å²) in [5.74, 6) is -0.827. The lowest BCUT2D eigenvalue weighted by molar-refractivity contribution is -0.246. The lowest BCUT2D eigenvalue weighted by atomic mass is 9.57. The summed E-state index contributed by atoms with van der Waals surface area (Å²) in [6.45, 7) is 8.94. The molecule has 0 aromatic carbocycles. The first-order valence-corrected chi connectivity index (χ1v) is 7.64. The van der Waals surface area contributed by atoms with Gasteiger partial charge in [-0.25, -0.2) is 0 Å². The summed E-state index contributed by atoms with van der Waals surface area (Å²) >= 11 is 0. The van der Waals surface area contributed by atoms with Crippen LogP contribution in [-0.2, 0) is 28.5 Å². The van der Waals surface area contributed by atoms with Gasteiger partial charge in [-0.05, 0) is 19.3 Å². The molecule has 0 aromatic rings. The summed E-state index contributed by atoms with van der Waals surface area (Å²) in [6.07, 6.45) is 0.957. The number of hydrogen-bond acceptors (Lipinski definition) is 6. The van der Waals surface area contributed by atoms with Crippen LogP contribution >= 0.6 is 0 Å². The highest BCUT2D eigenvalue weighted by Gasteiger charge is 2.69. The third-order valence-electron chi connectivity index (χ3n) is 5.22. The molecule has 2 aliphatic heterocycles. The van der Waals surface area contributed by atoms with Gasteiger partial charge in [-0.1, -0.05) is 19.1 Å². The van der Waals surface area contributed by atoms with Crippen molar-refractivity contribution >= 4 is 11.9 Å². The topological polar surface area (TPSA) is 71.1 Å². The van der Waals surface area contributed by atoms with Crippen molar-refractivity contribution in [2.45, 2.75) is 70.7 Å². The molecular formula is C16H22O6. The van der Waals surface area contributed by atoms with E-state index < -0.39 is 35.7 Å². The Bertz CT molecular complexity index is 529. The van der Waals surface area contributed by atoms with E-state index in [0.717, 1.165) is 18.4 Å². The zero-order chi connectivity index (χ0) is 16.1. The van der Waals surface area contributed by atoms with Crippen molar-refractivity contribution in [1.29, 1.82) is 0 Å². The van der Waals surface area contributed by atoms with Gasteiger partial charge in [0.25, 0.3) is 0 Å². The van der Waals surface area contributed by atoms with Crippen molar-refractivity contribution in [2.75, 3.05) is 0 Å². The fourth-order valence-corrected chi connectivity index (χ4v) is 4.16. The molecule has 3 aliphatic rings. The van der Waals surface area contributed by atoms with E-state index in [1.807, 2.05) is 6.92 Å². The molecule has 0 N–H and O–H groups in total. The van der Waals surface area contributed by atoms with E-state index in [0.29, 0.717) is 12.8 Å². The second-order valence-corrected chi connectivity index (χ2v) is 6.58. The van der Waals surface area contributed by atoms with Gasteiger partial charge in [-0.3, -0.25) is 9.59 Å². The van der Waals surface area contributed by atoms with Gasteiger partial charge in [0.2, 0.25) is 6.29 Å². The predicted octanol–water partition coefficient (Wildman–Crippen LogP) is 2.07. The third-order valence-corrected chi connectivity index (χ3v) is 5.22. The molecule has 0 unspecified atom stereocenters. The number of esters is 2. The van der Waals surface area contributed by atoms with Gasteiger partial charge < -0.3 is 18.9 Å². The van der Waals surface area contributed by atoms with E-state index in [1.54, 1.807) is 0 Å². The standard InChI is InChI=1S/C16H22O6/c1-9-6-5-7-16(22-11(3)18)13-14(19-10(2)17)21-12(20-13)8-15(9,16)4/h12-14H,1,5-8H2,2-4H3/t12-,13+,14-,15+,16+/m0/s1. The van der Waals surface area contributed by atoms with Crippen LogP contribution < -0.4 is 0 Å². The molecule has 22 heavy (non-hydrogen) atoms. The Hall–Kier alpha value is -1.40. The number of hydrogen-bond donors (Lipinski definition) is 0. The van der Waals surface area contributed by atoms with Crippen molar-refractivity contribution in [1.82, 2.24) is 0 Å². The monoisotopic (exact) mass is 310 g/mol. The van der Waals surface area contributed by atoms with Crippen LogP contribution in [0.15, 0.2) is 12.2 Å².